The molecule has 0 saturated carbocycles. The van der Waals surface area contributed by atoms with Crippen LogP contribution in [0.2, 0.25) is 0 Å². The maximum Gasteiger partial charge on any atom is 0.194 e. The second kappa shape index (κ2) is 2.40. The third-order valence-corrected chi connectivity index (χ3v) is 2.16. The normalized spacial score (nSPS) is 10.7. The number of aromatic nitrogens is 3. The van der Waals surface area contributed by atoms with Crippen molar-refractivity contribution in [3.05, 3.63) is 22.0 Å². The third kappa shape index (κ3) is 0.991. The summed E-state index contributed by atoms with van der Waals surface area (Å²) in [6.45, 7) is 0. The number of pyridine rings is 1. The molecule has 0 atom stereocenters. The van der Waals surface area contributed by atoms with Crippen molar-refractivity contribution in [2.24, 2.45) is 0 Å². The van der Waals surface area contributed by atoms with E-state index in [1.165, 1.54) is 6.20 Å². The Morgan fingerprint density at radius 2 is 2.36 bits per heavy atom. The fourth-order valence-corrected chi connectivity index (χ4v) is 1.49. The van der Waals surface area contributed by atoms with E-state index in [-0.39, 0.29) is 10.6 Å². The van der Waals surface area contributed by atoms with Crippen molar-refractivity contribution in [3.63, 3.8) is 0 Å². The van der Waals surface area contributed by atoms with Gasteiger partial charge in [0.05, 0.1) is 5.39 Å². The summed E-state index contributed by atoms with van der Waals surface area (Å²) in [5, 5.41) is 4.31. The van der Waals surface area contributed by atoms with Crippen molar-refractivity contribution in [1.29, 1.82) is 0 Å². The van der Waals surface area contributed by atoms with E-state index in [9.17, 15) is 4.48 Å². The number of nitrogens with zero attached hydrogens (tertiary/aromatic N) is 3. The van der Waals surface area contributed by atoms with E-state index in [0.29, 0.717) is 3.70 Å². The molecule has 5 heteroatoms. The maximum absolute atomic E-state index is 12.7. The molecule has 3 nitrogen and oxygen atoms in total. The number of rotatable bonds is 0. The average Bonchev–Trinajstić information content (AvgIpc) is 2.30. The lowest BCUT2D eigenvalue weighted by atomic mass is 10.4. The molecular formula is C6H3FIN3. The maximum atomic E-state index is 12.7. The van der Waals surface area contributed by atoms with Gasteiger partial charge in [0.15, 0.2) is 5.65 Å². The highest BCUT2D eigenvalue weighted by molar-refractivity contribution is 14.1. The van der Waals surface area contributed by atoms with Crippen LogP contribution in [0.1, 0.15) is 0 Å². The van der Waals surface area contributed by atoms with Crippen molar-refractivity contribution in [2.75, 3.05) is 0 Å². The number of hydrogen-bond acceptors (Lipinski definition) is 2. The van der Waals surface area contributed by atoms with E-state index in [1.807, 2.05) is 22.6 Å². The molecule has 0 spiro atoms. The van der Waals surface area contributed by atoms with Crippen LogP contribution in [0.5, 0.6) is 0 Å². The number of fused-ring (bicyclic) bond motifs is 1. The van der Waals surface area contributed by atoms with Crippen LogP contribution in [0.4, 0.5) is 4.48 Å². The molecule has 0 amide bonds. The van der Waals surface area contributed by atoms with Crippen molar-refractivity contribution >= 4 is 33.6 Å². The zero-order chi connectivity index (χ0) is 7.84. The van der Waals surface area contributed by atoms with Crippen molar-refractivity contribution < 1.29 is 4.48 Å². The smallest absolute Gasteiger partial charge is 0.194 e. The summed E-state index contributed by atoms with van der Waals surface area (Å²) in [4.78, 5) is 4.11. The topological polar surface area (TPSA) is 30.7 Å². The molecular weight excluding hydrogens is 260 g/mol. The predicted molar refractivity (Wildman–Crippen MR) is 46.8 cm³/mol. The zero-order valence-electron chi connectivity index (χ0n) is 5.33. The minimum absolute atomic E-state index is 0.275. The van der Waals surface area contributed by atoms with Gasteiger partial charge in [-0.05, 0) is 34.7 Å². The van der Waals surface area contributed by atoms with Crippen LogP contribution in [0.3, 0.4) is 0 Å². The monoisotopic (exact) mass is 263 g/mol. The van der Waals surface area contributed by atoms with Gasteiger partial charge < -0.3 is 0 Å². The second-order valence-corrected chi connectivity index (χ2v) is 3.05. The Labute approximate surface area is 75.3 Å². The SMILES string of the molecule is Fn1nc(I)c2cccnc21. The van der Waals surface area contributed by atoms with Crippen LogP contribution in [0, 0.1) is 3.70 Å². The summed E-state index contributed by atoms with van der Waals surface area (Å²) in [5.41, 5.74) is 0.275. The van der Waals surface area contributed by atoms with Gasteiger partial charge in [-0.3, -0.25) is 0 Å². The first-order valence-corrected chi connectivity index (χ1v) is 4.02. The molecule has 0 aliphatic heterocycles. The molecule has 0 N–H and O–H groups in total. The molecule has 0 aliphatic carbocycles. The molecule has 0 unspecified atom stereocenters. The van der Waals surface area contributed by atoms with E-state index < -0.39 is 0 Å². The highest BCUT2D eigenvalue weighted by atomic mass is 127. The summed E-state index contributed by atoms with van der Waals surface area (Å²) in [6.07, 6.45) is 1.54. The molecule has 2 aromatic heterocycles. The van der Waals surface area contributed by atoms with Gasteiger partial charge >= 0.3 is 0 Å². The lowest BCUT2D eigenvalue weighted by Gasteiger charge is -1.85. The van der Waals surface area contributed by atoms with Crippen molar-refractivity contribution in [3.8, 4) is 0 Å². The van der Waals surface area contributed by atoms with Gasteiger partial charge in [0, 0.05) is 6.20 Å². The largest absolute Gasteiger partial charge is 0.234 e. The zero-order valence-corrected chi connectivity index (χ0v) is 7.49. The highest BCUT2D eigenvalue weighted by Gasteiger charge is 2.06. The van der Waals surface area contributed by atoms with Gasteiger partial charge in [-0.15, -0.1) is 5.10 Å². The van der Waals surface area contributed by atoms with Crippen LogP contribution in [-0.4, -0.2) is 15.0 Å². The molecule has 0 radical (unpaired) electrons. The quantitative estimate of drug-likeness (QED) is 0.678. The van der Waals surface area contributed by atoms with Crippen LogP contribution in [-0.2, 0) is 0 Å². The summed E-state index contributed by atoms with van der Waals surface area (Å²) in [5.74, 6) is 0. The third-order valence-electron chi connectivity index (χ3n) is 1.36. The van der Waals surface area contributed by atoms with E-state index in [0.717, 1.165) is 5.39 Å². The van der Waals surface area contributed by atoms with E-state index in [4.69, 9.17) is 0 Å². The van der Waals surface area contributed by atoms with Crippen LogP contribution >= 0.6 is 22.6 Å². The Hall–Kier alpha value is -0.720. The van der Waals surface area contributed by atoms with E-state index in [2.05, 4.69) is 10.1 Å². The minimum atomic E-state index is 0.275. The minimum Gasteiger partial charge on any atom is -0.234 e. The molecule has 0 aliphatic rings. The Morgan fingerprint density at radius 1 is 1.55 bits per heavy atom. The lowest BCUT2D eigenvalue weighted by Crippen LogP contribution is -1.85. The fourth-order valence-electron chi connectivity index (χ4n) is 0.883. The Morgan fingerprint density at radius 3 is 3.09 bits per heavy atom. The van der Waals surface area contributed by atoms with Crippen LogP contribution in [0.15, 0.2) is 18.3 Å². The summed E-state index contributed by atoms with van der Waals surface area (Å²) < 4.78 is 13.4. The first kappa shape index (κ1) is 6.96. The fraction of sp³-hybridized carbons (Fsp3) is 0. The first-order valence-electron chi connectivity index (χ1n) is 2.94. The molecule has 0 bridgehead atoms. The van der Waals surface area contributed by atoms with Crippen molar-refractivity contribution in [2.45, 2.75) is 0 Å². The Balaban J connectivity index is 2.95. The van der Waals surface area contributed by atoms with Gasteiger partial charge in [0.1, 0.15) is 3.70 Å². The van der Waals surface area contributed by atoms with Gasteiger partial charge in [-0.2, -0.15) is 0 Å². The lowest BCUT2D eigenvalue weighted by molar-refractivity contribution is 0.327. The molecule has 0 aromatic carbocycles. The summed E-state index contributed by atoms with van der Waals surface area (Å²) in [6, 6.07) is 3.54. The van der Waals surface area contributed by atoms with Crippen molar-refractivity contribution in [1.82, 2.24) is 15.0 Å². The molecule has 2 aromatic rings. The van der Waals surface area contributed by atoms with Gasteiger partial charge in [-0.1, -0.05) is 9.39 Å². The predicted octanol–water partition coefficient (Wildman–Crippen LogP) is 1.77. The molecule has 2 heterocycles. The molecule has 2 rings (SSSR count). The standard InChI is InChI=1S/C6H3FIN3/c7-11-6-4(5(8)10-11)2-1-3-9-6/h1-3H. The van der Waals surface area contributed by atoms with Gasteiger partial charge in [-0.25, -0.2) is 4.98 Å². The van der Waals surface area contributed by atoms with E-state index >= 15 is 0 Å². The summed E-state index contributed by atoms with van der Waals surface area (Å²) >= 11 is 1.97. The molecule has 11 heavy (non-hydrogen) atoms. The first-order chi connectivity index (χ1) is 5.29. The second-order valence-electron chi connectivity index (χ2n) is 2.03. The molecule has 0 saturated heterocycles. The van der Waals surface area contributed by atoms with Gasteiger partial charge in [0.25, 0.3) is 0 Å². The Bertz CT molecular complexity index is 362. The molecule has 0 fully saturated rings. The highest BCUT2D eigenvalue weighted by Crippen LogP contribution is 2.16. The van der Waals surface area contributed by atoms with Gasteiger partial charge in [0.2, 0.25) is 0 Å². The van der Waals surface area contributed by atoms with Crippen LogP contribution in [0.25, 0.3) is 11.0 Å². The molecule has 56 valence electrons. The number of halogens is 2. The summed E-state index contributed by atoms with van der Waals surface area (Å²) in [7, 11) is 0. The van der Waals surface area contributed by atoms with E-state index in [1.54, 1.807) is 12.1 Å². The van der Waals surface area contributed by atoms with Crippen LogP contribution < -0.4 is 0 Å². The Kier molecular flexibility index (Phi) is 1.52. The average molecular weight is 263 g/mol. The number of hydrogen-bond donors (Lipinski definition) is 0.